The molecule has 0 unspecified atom stereocenters. The van der Waals surface area contributed by atoms with E-state index in [-0.39, 0.29) is 24.0 Å². The van der Waals surface area contributed by atoms with E-state index in [2.05, 4.69) is 16.9 Å². The third kappa shape index (κ3) is 6.02. The molecule has 0 saturated carbocycles. The maximum Gasteiger partial charge on any atom is 0.335 e. The van der Waals surface area contributed by atoms with Crippen molar-refractivity contribution in [1.29, 1.82) is 0 Å². The number of amides is 3. The van der Waals surface area contributed by atoms with Crippen molar-refractivity contribution in [2.24, 2.45) is 0 Å². The van der Waals surface area contributed by atoms with Crippen LogP contribution in [0.25, 0.3) is 6.08 Å². The largest absolute Gasteiger partial charge is 0.478 e. The average molecular weight is 536 g/mol. The third-order valence-corrected chi connectivity index (χ3v) is 7.31. The lowest BCUT2D eigenvalue weighted by atomic mass is 10.1. The zero-order valence-electron chi connectivity index (χ0n) is 22.0. The molecule has 1 aliphatic rings. The minimum Gasteiger partial charge on any atom is -0.478 e. The van der Waals surface area contributed by atoms with Crippen molar-refractivity contribution < 1.29 is 19.5 Å². The van der Waals surface area contributed by atoms with Crippen LogP contribution in [0, 0.1) is 6.92 Å². The van der Waals surface area contributed by atoms with Gasteiger partial charge in [0, 0.05) is 24.9 Å². The summed E-state index contributed by atoms with van der Waals surface area (Å²) in [7, 11) is 0. The van der Waals surface area contributed by atoms with E-state index in [1.54, 1.807) is 36.5 Å². The summed E-state index contributed by atoms with van der Waals surface area (Å²) in [4.78, 5) is 50.1. The molecular formula is C28H33N5O4S. The summed E-state index contributed by atoms with van der Waals surface area (Å²) in [5.41, 5.74) is 2.90. The van der Waals surface area contributed by atoms with Gasteiger partial charge in [-0.1, -0.05) is 38.8 Å². The van der Waals surface area contributed by atoms with E-state index in [1.807, 2.05) is 23.8 Å². The van der Waals surface area contributed by atoms with Gasteiger partial charge in [-0.2, -0.15) is 0 Å². The molecule has 3 amide bonds. The summed E-state index contributed by atoms with van der Waals surface area (Å²) in [5.74, 6) is -0.410. The first-order chi connectivity index (χ1) is 18.3. The SMILES string of the molecule is CCCCc1ncc(C=C2C(=O)N(CCCC)C(=O)N2Cc2csc(C)n2)n1Cc1ccc(C(=O)O)cc1. The topological polar surface area (TPSA) is 109 Å². The number of imide groups is 1. The van der Waals surface area contributed by atoms with E-state index in [0.717, 1.165) is 54.2 Å². The normalized spacial score (nSPS) is 14.8. The molecule has 1 N–H and O–H groups in total. The Kier molecular flexibility index (Phi) is 8.73. The summed E-state index contributed by atoms with van der Waals surface area (Å²) in [5, 5.41) is 12.0. The molecule has 38 heavy (non-hydrogen) atoms. The highest BCUT2D eigenvalue weighted by Gasteiger charge is 2.41. The van der Waals surface area contributed by atoms with Crippen LogP contribution in [0.3, 0.4) is 0 Å². The zero-order valence-corrected chi connectivity index (χ0v) is 22.8. The molecule has 0 aliphatic carbocycles. The van der Waals surface area contributed by atoms with Crippen LogP contribution >= 0.6 is 11.3 Å². The van der Waals surface area contributed by atoms with Gasteiger partial charge in [0.1, 0.15) is 11.5 Å². The second-order valence-corrected chi connectivity index (χ2v) is 10.4. The number of urea groups is 1. The number of carbonyl (C=O) groups is 3. The number of thiazole rings is 1. The Morgan fingerprint density at radius 2 is 1.79 bits per heavy atom. The van der Waals surface area contributed by atoms with Crippen LogP contribution in [0.4, 0.5) is 4.79 Å². The summed E-state index contributed by atoms with van der Waals surface area (Å²) in [6, 6.07) is 6.42. The van der Waals surface area contributed by atoms with Crippen molar-refractivity contribution in [1.82, 2.24) is 24.3 Å². The van der Waals surface area contributed by atoms with Crippen LogP contribution < -0.4 is 0 Å². The minimum atomic E-state index is -0.972. The van der Waals surface area contributed by atoms with E-state index >= 15 is 0 Å². The van der Waals surface area contributed by atoms with Crippen LogP contribution in [0.5, 0.6) is 0 Å². The zero-order chi connectivity index (χ0) is 27.2. The van der Waals surface area contributed by atoms with Gasteiger partial charge >= 0.3 is 12.0 Å². The number of carboxylic acid groups (broad SMARTS) is 1. The quantitative estimate of drug-likeness (QED) is 0.248. The minimum absolute atomic E-state index is 0.219. The van der Waals surface area contributed by atoms with Gasteiger partial charge in [0.25, 0.3) is 5.91 Å². The first-order valence-corrected chi connectivity index (χ1v) is 13.8. The summed E-state index contributed by atoms with van der Waals surface area (Å²) >= 11 is 1.51. The number of carbonyl (C=O) groups excluding carboxylic acids is 2. The Morgan fingerprint density at radius 1 is 1.05 bits per heavy atom. The molecular weight excluding hydrogens is 502 g/mol. The van der Waals surface area contributed by atoms with Crippen molar-refractivity contribution in [2.45, 2.75) is 66.0 Å². The smallest absolute Gasteiger partial charge is 0.335 e. The summed E-state index contributed by atoms with van der Waals surface area (Å²) in [6.07, 6.45) is 7.83. The molecule has 0 radical (unpaired) electrons. The fourth-order valence-electron chi connectivity index (χ4n) is 4.37. The fraction of sp³-hybridized carbons (Fsp3) is 0.393. The first kappa shape index (κ1) is 27.3. The van der Waals surface area contributed by atoms with Crippen LogP contribution in [-0.4, -0.2) is 53.9 Å². The lowest BCUT2D eigenvalue weighted by molar-refractivity contribution is -0.123. The molecule has 1 fully saturated rings. The maximum absolute atomic E-state index is 13.5. The Bertz CT molecular complexity index is 1340. The Hall–Kier alpha value is -3.79. The molecule has 3 aromatic rings. The number of aromatic nitrogens is 3. The number of rotatable bonds is 12. The van der Waals surface area contributed by atoms with E-state index < -0.39 is 5.97 Å². The molecule has 9 nitrogen and oxygen atoms in total. The van der Waals surface area contributed by atoms with Crippen LogP contribution in [0.2, 0.25) is 0 Å². The van der Waals surface area contributed by atoms with Crippen molar-refractivity contribution in [2.75, 3.05) is 6.54 Å². The number of imidazole rings is 1. The van der Waals surface area contributed by atoms with Gasteiger partial charge < -0.3 is 9.67 Å². The van der Waals surface area contributed by atoms with E-state index in [4.69, 9.17) is 0 Å². The first-order valence-electron chi connectivity index (χ1n) is 12.9. The lowest BCUT2D eigenvalue weighted by Gasteiger charge is -2.16. The number of aromatic carboxylic acids is 1. The van der Waals surface area contributed by atoms with Gasteiger partial charge in [0.15, 0.2) is 0 Å². The molecule has 200 valence electrons. The van der Waals surface area contributed by atoms with Crippen molar-refractivity contribution >= 4 is 35.3 Å². The molecule has 1 saturated heterocycles. The highest BCUT2D eigenvalue weighted by Crippen LogP contribution is 2.27. The molecule has 1 aromatic carbocycles. The summed E-state index contributed by atoms with van der Waals surface area (Å²) in [6.45, 7) is 7.11. The Labute approximate surface area is 226 Å². The highest BCUT2D eigenvalue weighted by molar-refractivity contribution is 7.09. The number of nitrogens with zero attached hydrogens (tertiary/aromatic N) is 5. The predicted molar refractivity (Wildman–Crippen MR) is 146 cm³/mol. The van der Waals surface area contributed by atoms with Gasteiger partial charge in [-0.25, -0.2) is 19.6 Å². The molecule has 0 bridgehead atoms. The van der Waals surface area contributed by atoms with E-state index in [9.17, 15) is 19.5 Å². The van der Waals surface area contributed by atoms with Gasteiger partial charge in [0.05, 0.1) is 34.7 Å². The van der Waals surface area contributed by atoms with Gasteiger partial charge in [0.2, 0.25) is 0 Å². The Balaban J connectivity index is 1.72. The molecule has 0 atom stereocenters. The van der Waals surface area contributed by atoms with Crippen molar-refractivity contribution in [3.8, 4) is 0 Å². The lowest BCUT2D eigenvalue weighted by Crippen LogP contribution is -2.33. The molecule has 3 heterocycles. The van der Waals surface area contributed by atoms with Crippen LogP contribution in [0.15, 0.2) is 41.5 Å². The number of benzene rings is 1. The molecule has 10 heteroatoms. The number of hydrogen-bond donors (Lipinski definition) is 1. The van der Waals surface area contributed by atoms with Crippen LogP contribution in [-0.2, 0) is 24.3 Å². The second kappa shape index (κ2) is 12.2. The van der Waals surface area contributed by atoms with Gasteiger partial charge in [-0.15, -0.1) is 11.3 Å². The van der Waals surface area contributed by atoms with Crippen molar-refractivity contribution in [3.05, 3.63) is 74.9 Å². The average Bonchev–Trinajstić information content (AvgIpc) is 3.55. The molecule has 0 spiro atoms. The number of carboxylic acids is 1. The molecule has 1 aliphatic heterocycles. The van der Waals surface area contributed by atoms with E-state index in [0.29, 0.717) is 24.5 Å². The highest BCUT2D eigenvalue weighted by atomic mass is 32.1. The number of aryl methyl sites for hydroxylation is 2. The van der Waals surface area contributed by atoms with Crippen LogP contribution in [0.1, 0.15) is 77.7 Å². The standard InChI is InChI=1S/C28H33N5O4S/c1-4-6-8-25-29-15-23(32(25)16-20-9-11-21(12-10-20)27(35)36)14-24-26(34)31(13-7-5-2)28(37)33(24)17-22-18-38-19(3)30-22/h9-12,14-15,18H,4-8,13,16-17H2,1-3H3,(H,35,36). The Morgan fingerprint density at radius 3 is 2.42 bits per heavy atom. The maximum atomic E-state index is 13.5. The number of hydrogen-bond acceptors (Lipinski definition) is 6. The van der Waals surface area contributed by atoms with Gasteiger partial charge in [-0.3, -0.25) is 14.6 Å². The van der Waals surface area contributed by atoms with Gasteiger partial charge in [-0.05, 0) is 43.5 Å². The van der Waals surface area contributed by atoms with Crippen molar-refractivity contribution in [3.63, 3.8) is 0 Å². The molecule has 2 aromatic heterocycles. The third-order valence-electron chi connectivity index (χ3n) is 6.49. The second-order valence-electron chi connectivity index (χ2n) is 9.36. The fourth-order valence-corrected chi connectivity index (χ4v) is 4.98. The monoisotopic (exact) mass is 535 g/mol. The molecule has 4 rings (SSSR count). The number of unbranched alkanes of at least 4 members (excludes halogenated alkanes) is 2. The van der Waals surface area contributed by atoms with E-state index in [1.165, 1.54) is 21.1 Å². The summed E-state index contributed by atoms with van der Waals surface area (Å²) < 4.78 is 2.04. The predicted octanol–water partition coefficient (Wildman–Crippen LogP) is 5.34.